The lowest BCUT2D eigenvalue weighted by Gasteiger charge is -2.27. The molecule has 0 atom stereocenters. The van der Waals surface area contributed by atoms with E-state index >= 15 is 0 Å². The molecule has 2 rings (SSSR count). The minimum absolute atomic E-state index is 0.709. The maximum atomic E-state index is 5.40. The minimum atomic E-state index is 0.709. The Hall–Kier alpha value is -1.36. The summed E-state index contributed by atoms with van der Waals surface area (Å²) < 4.78 is 5.40. The summed E-state index contributed by atoms with van der Waals surface area (Å²) in [5, 5.41) is 3.30. The van der Waals surface area contributed by atoms with Crippen molar-refractivity contribution in [3.05, 3.63) is 12.4 Å². The summed E-state index contributed by atoms with van der Waals surface area (Å²) in [6, 6.07) is 2.02. The summed E-state index contributed by atoms with van der Waals surface area (Å²) in [5.41, 5.74) is 0. The molecule has 0 aliphatic carbocycles. The van der Waals surface area contributed by atoms with Crippen LogP contribution in [0.2, 0.25) is 0 Å². The van der Waals surface area contributed by atoms with Gasteiger partial charge in [0.05, 0.1) is 0 Å². The molecule has 1 fully saturated rings. The number of hydrogen-bond acceptors (Lipinski definition) is 5. The van der Waals surface area contributed by atoms with E-state index in [-0.39, 0.29) is 0 Å². The average molecular weight is 264 g/mol. The van der Waals surface area contributed by atoms with Gasteiger partial charge < -0.3 is 15.0 Å². The van der Waals surface area contributed by atoms with Crippen molar-refractivity contribution in [2.75, 3.05) is 43.6 Å². The van der Waals surface area contributed by atoms with Crippen molar-refractivity contribution in [3.8, 4) is 0 Å². The van der Waals surface area contributed by atoms with E-state index in [1.165, 1.54) is 0 Å². The number of hydrogen-bond donors (Lipinski definition) is 1. The molecular formula is C14H24N4O. The summed E-state index contributed by atoms with van der Waals surface area (Å²) in [7, 11) is 2.10. The molecule has 106 valence electrons. The fourth-order valence-corrected chi connectivity index (χ4v) is 2.32. The van der Waals surface area contributed by atoms with Gasteiger partial charge in [-0.1, -0.05) is 6.92 Å². The first-order valence-corrected chi connectivity index (χ1v) is 7.14. The van der Waals surface area contributed by atoms with Crippen LogP contribution in [-0.2, 0) is 4.74 Å². The molecule has 19 heavy (non-hydrogen) atoms. The van der Waals surface area contributed by atoms with Crippen molar-refractivity contribution in [1.29, 1.82) is 0 Å². The zero-order valence-corrected chi connectivity index (χ0v) is 11.9. The molecule has 5 heteroatoms. The topological polar surface area (TPSA) is 50.3 Å². The van der Waals surface area contributed by atoms with Crippen molar-refractivity contribution in [3.63, 3.8) is 0 Å². The quantitative estimate of drug-likeness (QED) is 0.853. The Bertz CT molecular complexity index is 379. The number of nitrogens with zero attached hydrogens (tertiary/aromatic N) is 3. The van der Waals surface area contributed by atoms with E-state index in [1.807, 2.05) is 6.07 Å². The average Bonchev–Trinajstić information content (AvgIpc) is 2.46. The van der Waals surface area contributed by atoms with Crippen LogP contribution in [0, 0.1) is 5.92 Å². The molecule has 2 heterocycles. The van der Waals surface area contributed by atoms with Crippen LogP contribution in [0.15, 0.2) is 12.4 Å². The van der Waals surface area contributed by atoms with Gasteiger partial charge in [-0.15, -0.1) is 0 Å². The number of nitrogens with one attached hydrogen (secondary N) is 1. The van der Waals surface area contributed by atoms with E-state index in [0.29, 0.717) is 5.92 Å². The number of rotatable bonds is 6. The second kappa shape index (κ2) is 7.28. The van der Waals surface area contributed by atoms with E-state index in [1.54, 1.807) is 6.33 Å². The number of anilines is 2. The number of aromatic nitrogens is 2. The standard InChI is InChI=1S/C14H24N4O/c1-3-6-15-13-9-14(17-11-16-13)18(2)10-12-4-7-19-8-5-12/h9,11-12H,3-8,10H2,1-2H3,(H,15,16,17). The fraction of sp³-hybridized carbons (Fsp3) is 0.714. The van der Waals surface area contributed by atoms with Gasteiger partial charge in [-0.3, -0.25) is 0 Å². The van der Waals surface area contributed by atoms with Crippen LogP contribution in [-0.4, -0.2) is 43.3 Å². The van der Waals surface area contributed by atoms with Crippen LogP contribution in [0.4, 0.5) is 11.6 Å². The second-order valence-electron chi connectivity index (χ2n) is 5.12. The Morgan fingerprint density at radius 2 is 2.16 bits per heavy atom. The zero-order chi connectivity index (χ0) is 13.5. The highest BCUT2D eigenvalue weighted by atomic mass is 16.5. The van der Waals surface area contributed by atoms with Gasteiger partial charge >= 0.3 is 0 Å². The predicted molar refractivity (Wildman–Crippen MR) is 77.6 cm³/mol. The highest BCUT2D eigenvalue weighted by molar-refractivity contribution is 5.47. The van der Waals surface area contributed by atoms with Crippen molar-refractivity contribution < 1.29 is 4.74 Å². The smallest absolute Gasteiger partial charge is 0.133 e. The number of ether oxygens (including phenoxy) is 1. The predicted octanol–water partition coefficient (Wildman–Crippen LogP) is 2.16. The van der Waals surface area contributed by atoms with Crippen molar-refractivity contribution >= 4 is 11.6 Å². The Morgan fingerprint density at radius 3 is 2.89 bits per heavy atom. The molecule has 1 N–H and O–H groups in total. The normalized spacial score (nSPS) is 16.3. The molecule has 1 saturated heterocycles. The molecule has 0 radical (unpaired) electrons. The largest absolute Gasteiger partial charge is 0.381 e. The summed E-state index contributed by atoms with van der Waals surface area (Å²) in [4.78, 5) is 10.8. The van der Waals surface area contributed by atoms with Gasteiger partial charge in [0, 0.05) is 39.4 Å². The molecule has 1 aromatic rings. The van der Waals surface area contributed by atoms with Crippen LogP contribution >= 0.6 is 0 Å². The van der Waals surface area contributed by atoms with Crippen LogP contribution < -0.4 is 10.2 Å². The van der Waals surface area contributed by atoms with Gasteiger partial charge in [-0.2, -0.15) is 0 Å². The van der Waals surface area contributed by atoms with E-state index in [9.17, 15) is 0 Å². The Morgan fingerprint density at radius 1 is 1.37 bits per heavy atom. The summed E-state index contributed by atoms with van der Waals surface area (Å²) >= 11 is 0. The van der Waals surface area contributed by atoms with Gasteiger partial charge in [0.2, 0.25) is 0 Å². The highest BCUT2D eigenvalue weighted by Crippen LogP contribution is 2.19. The monoisotopic (exact) mass is 264 g/mol. The third kappa shape index (κ3) is 4.35. The summed E-state index contributed by atoms with van der Waals surface area (Å²) in [6.45, 7) is 5.91. The molecule has 0 unspecified atom stereocenters. The molecule has 0 aromatic carbocycles. The second-order valence-corrected chi connectivity index (χ2v) is 5.12. The Labute approximate surface area is 115 Å². The van der Waals surface area contributed by atoms with Gasteiger partial charge in [0.25, 0.3) is 0 Å². The van der Waals surface area contributed by atoms with Gasteiger partial charge in [-0.05, 0) is 25.2 Å². The highest BCUT2D eigenvalue weighted by Gasteiger charge is 2.16. The third-order valence-corrected chi connectivity index (χ3v) is 3.47. The van der Waals surface area contributed by atoms with Gasteiger partial charge in [0.1, 0.15) is 18.0 Å². The maximum absolute atomic E-state index is 5.40. The molecule has 0 bridgehead atoms. The van der Waals surface area contributed by atoms with Crippen molar-refractivity contribution in [2.24, 2.45) is 5.92 Å². The first-order chi connectivity index (χ1) is 9.29. The first-order valence-electron chi connectivity index (χ1n) is 7.14. The molecule has 1 aromatic heterocycles. The van der Waals surface area contributed by atoms with Crippen LogP contribution in [0.5, 0.6) is 0 Å². The van der Waals surface area contributed by atoms with Crippen LogP contribution in [0.1, 0.15) is 26.2 Å². The fourth-order valence-electron chi connectivity index (χ4n) is 2.32. The van der Waals surface area contributed by atoms with E-state index < -0.39 is 0 Å². The first kappa shape index (κ1) is 14.1. The maximum Gasteiger partial charge on any atom is 0.133 e. The SMILES string of the molecule is CCCNc1cc(N(C)CC2CCOCC2)ncn1. The van der Waals surface area contributed by atoms with Gasteiger partial charge in [0.15, 0.2) is 0 Å². The molecule has 0 amide bonds. The van der Waals surface area contributed by atoms with Crippen LogP contribution in [0.25, 0.3) is 0 Å². The molecule has 1 aliphatic rings. The molecule has 5 nitrogen and oxygen atoms in total. The van der Waals surface area contributed by atoms with Gasteiger partial charge in [-0.25, -0.2) is 9.97 Å². The third-order valence-electron chi connectivity index (χ3n) is 3.47. The van der Waals surface area contributed by atoms with E-state index in [2.05, 4.69) is 34.2 Å². The van der Waals surface area contributed by atoms with Crippen molar-refractivity contribution in [2.45, 2.75) is 26.2 Å². The van der Waals surface area contributed by atoms with Crippen LogP contribution in [0.3, 0.4) is 0 Å². The zero-order valence-electron chi connectivity index (χ0n) is 11.9. The lowest BCUT2D eigenvalue weighted by molar-refractivity contribution is 0.0685. The molecule has 0 spiro atoms. The van der Waals surface area contributed by atoms with Crippen molar-refractivity contribution in [1.82, 2.24) is 9.97 Å². The summed E-state index contributed by atoms with van der Waals surface area (Å²) in [6.07, 6.45) is 5.03. The lowest BCUT2D eigenvalue weighted by atomic mass is 10.00. The lowest BCUT2D eigenvalue weighted by Crippen LogP contribution is -2.30. The molecule has 0 saturated carbocycles. The molecular weight excluding hydrogens is 240 g/mol. The summed E-state index contributed by atoms with van der Waals surface area (Å²) in [5.74, 6) is 2.60. The molecule has 1 aliphatic heterocycles. The van der Waals surface area contributed by atoms with E-state index in [4.69, 9.17) is 4.74 Å². The van der Waals surface area contributed by atoms with E-state index in [0.717, 1.165) is 57.2 Å². The minimum Gasteiger partial charge on any atom is -0.381 e. The Kier molecular flexibility index (Phi) is 5.39. The Balaban J connectivity index is 1.91.